The van der Waals surface area contributed by atoms with Gasteiger partial charge in [0.05, 0.1) is 13.0 Å². The van der Waals surface area contributed by atoms with Crippen LogP contribution < -0.4 is 5.32 Å². The van der Waals surface area contributed by atoms with E-state index in [0.717, 1.165) is 5.56 Å². The maximum absolute atomic E-state index is 12.3. The number of ether oxygens (including phenoxy) is 1. The summed E-state index contributed by atoms with van der Waals surface area (Å²) in [7, 11) is 1.32. The Morgan fingerprint density at radius 1 is 1.50 bits per heavy atom. The second-order valence-corrected chi connectivity index (χ2v) is 5.76. The number of rotatable bonds is 2. The number of esters is 1. The third kappa shape index (κ3) is 3.02. The van der Waals surface area contributed by atoms with Gasteiger partial charge in [-0.1, -0.05) is 17.7 Å². The molecule has 1 atom stereocenters. The summed E-state index contributed by atoms with van der Waals surface area (Å²) < 4.78 is 4.71. The Bertz CT molecular complexity index is 538. The lowest BCUT2D eigenvalue weighted by atomic mass is 10.2. The highest BCUT2D eigenvalue weighted by Crippen LogP contribution is 2.26. The van der Waals surface area contributed by atoms with Gasteiger partial charge < -0.3 is 15.0 Å². The molecule has 5 nitrogen and oxygen atoms in total. The number of benzene rings is 1. The number of nitrogens with one attached hydrogen (secondary N) is 1. The Morgan fingerprint density at radius 2 is 2.25 bits per heavy atom. The lowest BCUT2D eigenvalue weighted by Crippen LogP contribution is -2.44. The topological polar surface area (TPSA) is 58.6 Å². The number of anilines is 1. The molecule has 1 heterocycles. The number of amides is 2. The van der Waals surface area contributed by atoms with Crippen LogP contribution in [-0.2, 0) is 9.53 Å². The average Bonchev–Trinajstić information content (AvgIpc) is 2.92. The number of hydrogen-bond donors (Lipinski definition) is 1. The summed E-state index contributed by atoms with van der Waals surface area (Å²) in [4.78, 5) is 25.4. The van der Waals surface area contributed by atoms with Gasteiger partial charge >= 0.3 is 12.0 Å². The third-order valence-corrected chi connectivity index (χ3v) is 4.55. The van der Waals surface area contributed by atoms with Crippen molar-refractivity contribution >= 4 is 41.1 Å². The van der Waals surface area contributed by atoms with E-state index in [4.69, 9.17) is 16.3 Å². The van der Waals surface area contributed by atoms with Gasteiger partial charge in [0, 0.05) is 16.5 Å². The van der Waals surface area contributed by atoms with Gasteiger partial charge in [-0.2, -0.15) is 0 Å². The molecule has 0 bridgehead atoms. The number of thioether (sulfide) groups is 1. The van der Waals surface area contributed by atoms with Gasteiger partial charge in [0.15, 0.2) is 0 Å². The van der Waals surface area contributed by atoms with Crippen LogP contribution in [0.5, 0.6) is 0 Å². The number of hydrogen-bond acceptors (Lipinski definition) is 4. The van der Waals surface area contributed by atoms with Crippen molar-refractivity contribution < 1.29 is 14.3 Å². The van der Waals surface area contributed by atoms with E-state index in [-0.39, 0.29) is 6.03 Å². The number of carbonyl (C=O) groups is 2. The van der Waals surface area contributed by atoms with Crippen LogP contribution in [0.3, 0.4) is 0 Å². The molecule has 1 fully saturated rings. The van der Waals surface area contributed by atoms with Crippen LogP contribution in [0.25, 0.3) is 0 Å². The van der Waals surface area contributed by atoms with E-state index in [1.165, 1.54) is 23.8 Å². The quantitative estimate of drug-likeness (QED) is 0.853. The van der Waals surface area contributed by atoms with Crippen molar-refractivity contribution in [3.05, 3.63) is 28.8 Å². The lowest BCUT2D eigenvalue weighted by molar-refractivity contribution is -0.144. The zero-order valence-corrected chi connectivity index (χ0v) is 12.8. The van der Waals surface area contributed by atoms with E-state index in [1.54, 1.807) is 18.2 Å². The fourth-order valence-electron chi connectivity index (χ4n) is 1.90. The van der Waals surface area contributed by atoms with Gasteiger partial charge in [0.1, 0.15) is 6.04 Å². The molecule has 0 aliphatic carbocycles. The molecule has 108 valence electrons. The molecule has 1 N–H and O–H groups in total. The summed E-state index contributed by atoms with van der Waals surface area (Å²) >= 11 is 7.53. The smallest absolute Gasteiger partial charge is 0.329 e. The number of nitrogens with zero attached hydrogens (tertiary/aromatic N) is 1. The molecular formula is C13H15ClN2O3S. The molecule has 7 heteroatoms. The molecule has 1 aliphatic rings. The van der Waals surface area contributed by atoms with Crippen molar-refractivity contribution in [3.63, 3.8) is 0 Å². The van der Waals surface area contributed by atoms with E-state index in [0.29, 0.717) is 22.3 Å². The first kappa shape index (κ1) is 15.0. The third-order valence-electron chi connectivity index (χ3n) is 3.13. The first-order valence-corrected chi connectivity index (χ1v) is 7.56. The highest BCUT2D eigenvalue weighted by Gasteiger charge is 2.35. The summed E-state index contributed by atoms with van der Waals surface area (Å²) in [5.74, 6) is 0.618. The second-order valence-electron chi connectivity index (χ2n) is 4.35. The summed E-state index contributed by atoms with van der Waals surface area (Å²) in [6.07, 6.45) is 0. The Morgan fingerprint density at radius 3 is 2.95 bits per heavy atom. The van der Waals surface area contributed by atoms with E-state index in [1.807, 2.05) is 6.92 Å². The van der Waals surface area contributed by atoms with E-state index in [2.05, 4.69) is 5.32 Å². The van der Waals surface area contributed by atoms with Gasteiger partial charge in [-0.15, -0.1) is 11.8 Å². The molecule has 1 aliphatic heterocycles. The molecule has 0 spiro atoms. The molecule has 1 unspecified atom stereocenters. The zero-order chi connectivity index (χ0) is 14.7. The summed E-state index contributed by atoms with van der Waals surface area (Å²) in [5.41, 5.74) is 1.44. The van der Waals surface area contributed by atoms with Crippen molar-refractivity contribution in [2.75, 3.05) is 24.1 Å². The number of carbonyl (C=O) groups excluding carboxylic acids is 2. The van der Waals surface area contributed by atoms with Gasteiger partial charge in [-0.3, -0.25) is 0 Å². The molecule has 0 radical (unpaired) electrons. The summed E-state index contributed by atoms with van der Waals surface area (Å²) in [6, 6.07) is 4.44. The minimum atomic E-state index is -0.538. The Labute approximate surface area is 126 Å². The lowest BCUT2D eigenvalue weighted by Gasteiger charge is -2.22. The minimum absolute atomic E-state index is 0.323. The van der Waals surface area contributed by atoms with Gasteiger partial charge in [-0.25, -0.2) is 9.59 Å². The van der Waals surface area contributed by atoms with Crippen LogP contribution in [-0.4, -0.2) is 41.7 Å². The highest BCUT2D eigenvalue weighted by molar-refractivity contribution is 7.99. The molecule has 20 heavy (non-hydrogen) atoms. The minimum Gasteiger partial charge on any atom is -0.467 e. The molecule has 1 aromatic rings. The predicted octanol–water partition coefficient (Wildman–Crippen LogP) is 2.73. The van der Waals surface area contributed by atoms with Gasteiger partial charge in [0.25, 0.3) is 0 Å². The molecular weight excluding hydrogens is 300 g/mol. The molecule has 2 rings (SSSR count). The molecule has 0 aromatic heterocycles. The van der Waals surface area contributed by atoms with Crippen LogP contribution >= 0.6 is 23.4 Å². The Hall–Kier alpha value is -1.40. The highest BCUT2D eigenvalue weighted by atomic mass is 35.5. The van der Waals surface area contributed by atoms with Crippen molar-refractivity contribution in [2.24, 2.45) is 0 Å². The fraction of sp³-hybridized carbons (Fsp3) is 0.385. The number of methoxy groups -OCH3 is 1. The van der Waals surface area contributed by atoms with Crippen molar-refractivity contribution in [1.29, 1.82) is 0 Å². The van der Waals surface area contributed by atoms with Crippen molar-refractivity contribution in [3.8, 4) is 0 Å². The normalized spacial score (nSPS) is 17.9. The largest absolute Gasteiger partial charge is 0.467 e. The number of urea groups is 1. The van der Waals surface area contributed by atoms with Gasteiger partial charge in [0.2, 0.25) is 0 Å². The van der Waals surface area contributed by atoms with E-state index < -0.39 is 12.0 Å². The first-order chi connectivity index (χ1) is 9.54. The standard InChI is InChI=1S/C13H15ClN2O3S/c1-8-9(14)4-3-5-10(8)15-13(18)16-7-20-6-11(16)12(17)19-2/h3-5,11H,6-7H2,1-2H3,(H,15,18). The molecule has 0 saturated carbocycles. The van der Waals surface area contributed by atoms with Crippen LogP contribution in [0, 0.1) is 6.92 Å². The van der Waals surface area contributed by atoms with E-state index in [9.17, 15) is 9.59 Å². The summed E-state index contributed by atoms with van der Waals surface area (Å²) in [6.45, 7) is 1.83. The first-order valence-electron chi connectivity index (χ1n) is 6.03. The van der Waals surface area contributed by atoms with E-state index >= 15 is 0 Å². The van der Waals surface area contributed by atoms with Crippen LogP contribution in [0.1, 0.15) is 5.56 Å². The zero-order valence-electron chi connectivity index (χ0n) is 11.2. The monoisotopic (exact) mass is 314 g/mol. The van der Waals surface area contributed by atoms with Crippen LogP contribution in [0.2, 0.25) is 5.02 Å². The van der Waals surface area contributed by atoms with Gasteiger partial charge in [-0.05, 0) is 24.6 Å². The fourth-order valence-corrected chi connectivity index (χ4v) is 3.22. The second kappa shape index (κ2) is 6.37. The Balaban J connectivity index is 2.11. The molecule has 2 amide bonds. The van der Waals surface area contributed by atoms with Crippen molar-refractivity contribution in [2.45, 2.75) is 13.0 Å². The van der Waals surface area contributed by atoms with Crippen molar-refractivity contribution in [1.82, 2.24) is 4.90 Å². The molecule has 1 aromatic carbocycles. The average molecular weight is 315 g/mol. The SMILES string of the molecule is COC(=O)C1CSCN1C(=O)Nc1cccc(Cl)c1C. The number of halogens is 1. The Kier molecular flexibility index (Phi) is 4.77. The van der Waals surface area contributed by atoms with Crippen LogP contribution in [0.4, 0.5) is 10.5 Å². The maximum atomic E-state index is 12.3. The summed E-state index contributed by atoms with van der Waals surface area (Å²) in [5, 5.41) is 3.37. The maximum Gasteiger partial charge on any atom is 0.329 e. The molecule has 1 saturated heterocycles. The van der Waals surface area contributed by atoms with Crippen LogP contribution in [0.15, 0.2) is 18.2 Å². The predicted molar refractivity (Wildman–Crippen MR) is 80.2 cm³/mol.